The Morgan fingerprint density at radius 2 is 2.20 bits per heavy atom. The topological polar surface area (TPSA) is 46.9 Å². The number of nitrogens with one attached hydrogen (secondary N) is 1. The van der Waals surface area contributed by atoms with Gasteiger partial charge in [-0.25, -0.2) is 4.68 Å². The van der Waals surface area contributed by atoms with Gasteiger partial charge in [0.15, 0.2) is 0 Å². The second kappa shape index (κ2) is 5.48. The molecule has 0 aliphatic carbocycles. The number of thiophene rings is 1. The van der Waals surface area contributed by atoms with Crippen molar-refractivity contribution >= 4 is 34.5 Å². The van der Waals surface area contributed by atoms with E-state index in [1.807, 2.05) is 5.38 Å². The van der Waals surface area contributed by atoms with Gasteiger partial charge in [-0.2, -0.15) is 16.4 Å². The number of rotatable bonds is 3. The van der Waals surface area contributed by atoms with Crippen molar-refractivity contribution in [2.75, 3.05) is 5.32 Å². The molecule has 0 radical (unpaired) electrons. The largest absolute Gasteiger partial charge is 0.320 e. The van der Waals surface area contributed by atoms with E-state index in [1.54, 1.807) is 52.8 Å². The molecule has 20 heavy (non-hydrogen) atoms. The second-order valence-corrected chi connectivity index (χ2v) is 5.24. The molecule has 1 amide bonds. The lowest BCUT2D eigenvalue weighted by atomic mass is 10.2. The number of benzene rings is 1. The van der Waals surface area contributed by atoms with E-state index in [4.69, 9.17) is 11.6 Å². The van der Waals surface area contributed by atoms with Gasteiger partial charge in [-0.3, -0.25) is 4.79 Å². The molecule has 0 saturated heterocycles. The molecule has 2 heterocycles. The van der Waals surface area contributed by atoms with Crippen molar-refractivity contribution in [1.82, 2.24) is 9.78 Å². The first-order valence-electron chi connectivity index (χ1n) is 5.88. The first-order chi connectivity index (χ1) is 9.75. The summed E-state index contributed by atoms with van der Waals surface area (Å²) in [7, 11) is 0. The van der Waals surface area contributed by atoms with Crippen molar-refractivity contribution in [3.05, 3.63) is 64.1 Å². The average Bonchev–Trinajstić information content (AvgIpc) is 3.12. The lowest BCUT2D eigenvalue weighted by Gasteiger charge is -2.12. The zero-order valence-corrected chi connectivity index (χ0v) is 11.9. The molecule has 0 spiro atoms. The molecule has 0 bridgehead atoms. The van der Waals surface area contributed by atoms with Gasteiger partial charge in [0.25, 0.3) is 5.91 Å². The molecule has 100 valence electrons. The van der Waals surface area contributed by atoms with Gasteiger partial charge in [-0.05, 0) is 29.6 Å². The molecule has 0 unspecified atom stereocenters. The molecule has 1 aromatic carbocycles. The number of halogens is 1. The van der Waals surface area contributed by atoms with Crippen molar-refractivity contribution in [3.8, 4) is 5.69 Å². The van der Waals surface area contributed by atoms with Gasteiger partial charge < -0.3 is 5.32 Å². The van der Waals surface area contributed by atoms with E-state index < -0.39 is 0 Å². The minimum Gasteiger partial charge on any atom is -0.320 e. The molecule has 6 heteroatoms. The second-order valence-electron chi connectivity index (χ2n) is 4.05. The Morgan fingerprint density at radius 3 is 2.90 bits per heavy atom. The summed E-state index contributed by atoms with van der Waals surface area (Å²) in [6.45, 7) is 0. The summed E-state index contributed by atoms with van der Waals surface area (Å²) in [5, 5.41) is 11.2. The first-order valence-corrected chi connectivity index (χ1v) is 7.20. The van der Waals surface area contributed by atoms with E-state index in [1.165, 1.54) is 11.3 Å². The third-order valence-corrected chi connectivity index (χ3v) is 3.74. The van der Waals surface area contributed by atoms with Crippen LogP contribution in [0.15, 0.2) is 53.5 Å². The highest BCUT2D eigenvalue weighted by molar-refractivity contribution is 7.08. The SMILES string of the molecule is O=C(Nc1cccc(Cl)c1-n1cccn1)c1ccsc1. The zero-order chi connectivity index (χ0) is 13.9. The standard InChI is InChI=1S/C14H10ClN3OS/c15-11-3-1-4-12(13(11)18-7-2-6-16-18)17-14(19)10-5-8-20-9-10/h1-9H,(H,17,19). The fourth-order valence-corrected chi connectivity index (χ4v) is 2.74. The number of aromatic nitrogens is 2. The summed E-state index contributed by atoms with van der Waals surface area (Å²) in [5.41, 5.74) is 1.90. The van der Waals surface area contributed by atoms with Gasteiger partial charge in [0, 0.05) is 17.8 Å². The van der Waals surface area contributed by atoms with E-state index in [0.29, 0.717) is 22.0 Å². The number of hydrogen-bond donors (Lipinski definition) is 1. The molecule has 0 saturated carbocycles. The van der Waals surface area contributed by atoms with Crippen LogP contribution >= 0.6 is 22.9 Å². The number of carbonyl (C=O) groups is 1. The zero-order valence-electron chi connectivity index (χ0n) is 10.3. The molecule has 4 nitrogen and oxygen atoms in total. The van der Waals surface area contributed by atoms with Crippen LogP contribution in [0.3, 0.4) is 0 Å². The van der Waals surface area contributed by atoms with Gasteiger partial charge in [0.2, 0.25) is 0 Å². The van der Waals surface area contributed by atoms with Gasteiger partial charge in [0.1, 0.15) is 5.69 Å². The van der Waals surface area contributed by atoms with Crippen molar-refractivity contribution in [3.63, 3.8) is 0 Å². The van der Waals surface area contributed by atoms with Crippen LogP contribution in [-0.2, 0) is 0 Å². The predicted octanol–water partition coefficient (Wildman–Crippen LogP) is 3.84. The van der Waals surface area contributed by atoms with Crippen LogP contribution in [0.4, 0.5) is 5.69 Å². The van der Waals surface area contributed by atoms with Crippen molar-refractivity contribution in [1.29, 1.82) is 0 Å². The molecule has 3 aromatic rings. The molecule has 1 N–H and O–H groups in total. The number of carbonyl (C=O) groups excluding carboxylic acids is 1. The lowest BCUT2D eigenvalue weighted by molar-refractivity contribution is 0.102. The fourth-order valence-electron chi connectivity index (χ4n) is 1.84. The van der Waals surface area contributed by atoms with Gasteiger partial charge in [-0.15, -0.1) is 0 Å². The third-order valence-electron chi connectivity index (χ3n) is 2.75. The van der Waals surface area contributed by atoms with Crippen LogP contribution in [0.2, 0.25) is 5.02 Å². The Kier molecular flexibility index (Phi) is 3.54. The van der Waals surface area contributed by atoms with Crippen molar-refractivity contribution < 1.29 is 4.79 Å². The van der Waals surface area contributed by atoms with Crippen LogP contribution in [0.5, 0.6) is 0 Å². The smallest absolute Gasteiger partial charge is 0.256 e. The van der Waals surface area contributed by atoms with E-state index in [-0.39, 0.29) is 5.91 Å². The van der Waals surface area contributed by atoms with Crippen molar-refractivity contribution in [2.45, 2.75) is 0 Å². The summed E-state index contributed by atoms with van der Waals surface area (Å²) >= 11 is 7.70. The third kappa shape index (κ3) is 2.45. The summed E-state index contributed by atoms with van der Waals surface area (Å²) in [5.74, 6) is -0.165. The highest BCUT2D eigenvalue weighted by atomic mass is 35.5. The molecule has 0 fully saturated rings. The van der Waals surface area contributed by atoms with E-state index in [2.05, 4.69) is 10.4 Å². The molecule has 2 aromatic heterocycles. The molecule has 0 aliphatic rings. The number of anilines is 1. The maximum atomic E-state index is 12.1. The van der Waals surface area contributed by atoms with E-state index in [9.17, 15) is 4.79 Å². The maximum absolute atomic E-state index is 12.1. The number of hydrogen-bond acceptors (Lipinski definition) is 3. The summed E-state index contributed by atoms with van der Waals surface area (Å²) in [6.07, 6.45) is 3.44. The van der Waals surface area contributed by atoms with Crippen molar-refractivity contribution in [2.24, 2.45) is 0 Å². The first kappa shape index (κ1) is 12.9. The van der Waals surface area contributed by atoms with Crippen LogP contribution < -0.4 is 5.32 Å². The van der Waals surface area contributed by atoms with Crippen LogP contribution in [0.1, 0.15) is 10.4 Å². The molecular formula is C14H10ClN3OS. The minimum absolute atomic E-state index is 0.165. The maximum Gasteiger partial charge on any atom is 0.256 e. The Hall–Kier alpha value is -2.11. The highest BCUT2D eigenvalue weighted by Gasteiger charge is 2.13. The predicted molar refractivity (Wildman–Crippen MR) is 80.8 cm³/mol. The van der Waals surface area contributed by atoms with Gasteiger partial charge >= 0.3 is 0 Å². The molecule has 0 atom stereocenters. The Morgan fingerprint density at radius 1 is 1.30 bits per heavy atom. The average molecular weight is 304 g/mol. The fraction of sp³-hybridized carbons (Fsp3) is 0. The summed E-state index contributed by atoms with van der Waals surface area (Å²) < 4.78 is 1.63. The minimum atomic E-state index is -0.165. The molecule has 0 aliphatic heterocycles. The monoisotopic (exact) mass is 303 g/mol. The molecule has 3 rings (SSSR count). The van der Waals surface area contributed by atoms with Crippen LogP contribution in [-0.4, -0.2) is 15.7 Å². The number of para-hydroxylation sites is 1. The quantitative estimate of drug-likeness (QED) is 0.799. The van der Waals surface area contributed by atoms with Gasteiger partial charge in [-0.1, -0.05) is 17.7 Å². The molecular weight excluding hydrogens is 294 g/mol. The summed E-state index contributed by atoms with van der Waals surface area (Å²) in [4.78, 5) is 12.1. The number of amides is 1. The lowest BCUT2D eigenvalue weighted by Crippen LogP contribution is -2.13. The van der Waals surface area contributed by atoms with Crippen LogP contribution in [0.25, 0.3) is 5.69 Å². The highest BCUT2D eigenvalue weighted by Crippen LogP contribution is 2.28. The van der Waals surface area contributed by atoms with E-state index >= 15 is 0 Å². The summed E-state index contributed by atoms with van der Waals surface area (Å²) in [6, 6.07) is 8.93. The normalized spacial score (nSPS) is 10.4. The van der Waals surface area contributed by atoms with E-state index in [0.717, 1.165) is 0 Å². The Labute approximate surface area is 124 Å². The Balaban J connectivity index is 1.98. The van der Waals surface area contributed by atoms with Crippen LogP contribution in [0, 0.1) is 0 Å². The van der Waals surface area contributed by atoms with Gasteiger partial charge in [0.05, 0.1) is 16.3 Å². The number of nitrogens with zero attached hydrogens (tertiary/aromatic N) is 2. The Bertz CT molecular complexity index is 723.